The van der Waals surface area contributed by atoms with Crippen LogP contribution in [0.5, 0.6) is 0 Å². The van der Waals surface area contributed by atoms with E-state index in [1.165, 1.54) is 18.2 Å². The predicted octanol–water partition coefficient (Wildman–Crippen LogP) is 2.26. The number of nitrogens with two attached hydrogens (primary N) is 1. The van der Waals surface area contributed by atoms with Crippen LogP contribution in [0.3, 0.4) is 0 Å². The van der Waals surface area contributed by atoms with Crippen LogP contribution in [0.2, 0.25) is 5.02 Å². The summed E-state index contributed by atoms with van der Waals surface area (Å²) in [5, 5.41) is 0.332. The van der Waals surface area contributed by atoms with Crippen LogP contribution in [0.15, 0.2) is 23.1 Å². The standard InChI is InChI=1S/C13H21ClN2O3S/c1-4-19-8-13(9(2)3)16-20(17,18)10-5-6-11(14)12(15)7-10/h5-7,9,13,16H,4,8,15H2,1-3H3. The van der Waals surface area contributed by atoms with E-state index in [0.717, 1.165) is 0 Å². The monoisotopic (exact) mass is 320 g/mol. The maximum absolute atomic E-state index is 12.3. The molecule has 0 saturated carbocycles. The SMILES string of the molecule is CCOCC(NS(=O)(=O)c1ccc(Cl)c(N)c1)C(C)C. The quantitative estimate of drug-likeness (QED) is 0.755. The Morgan fingerprint density at radius 2 is 2.05 bits per heavy atom. The van der Waals surface area contributed by atoms with E-state index >= 15 is 0 Å². The molecule has 20 heavy (non-hydrogen) atoms. The molecule has 1 aromatic rings. The average Bonchev–Trinajstić information content (AvgIpc) is 2.37. The van der Waals surface area contributed by atoms with Crippen LogP contribution in [0.4, 0.5) is 5.69 Å². The number of sulfonamides is 1. The zero-order chi connectivity index (χ0) is 15.3. The fraction of sp³-hybridized carbons (Fsp3) is 0.538. The van der Waals surface area contributed by atoms with E-state index in [0.29, 0.717) is 18.2 Å². The van der Waals surface area contributed by atoms with Gasteiger partial charge in [-0.1, -0.05) is 25.4 Å². The Bertz CT molecular complexity index is 547. The molecule has 1 aromatic carbocycles. The van der Waals surface area contributed by atoms with E-state index in [1.54, 1.807) is 0 Å². The largest absolute Gasteiger partial charge is 0.397 e. The molecular weight excluding hydrogens is 300 g/mol. The van der Waals surface area contributed by atoms with E-state index in [2.05, 4.69) is 4.72 Å². The first kappa shape index (κ1) is 17.2. The summed E-state index contributed by atoms with van der Waals surface area (Å²) in [6, 6.07) is 3.96. The molecule has 0 aliphatic rings. The molecule has 0 amide bonds. The summed E-state index contributed by atoms with van der Waals surface area (Å²) in [7, 11) is -3.64. The molecule has 0 aliphatic carbocycles. The fourth-order valence-electron chi connectivity index (χ4n) is 1.56. The molecule has 1 rings (SSSR count). The van der Waals surface area contributed by atoms with Crippen molar-refractivity contribution in [1.82, 2.24) is 4.72 Å². The van der Waals surface area contributed by atoms with E-state index in [4.69, 9.17) is 22.1 Å². The minimum absolute atomic E-state index is 0.0987. The number of benzene rings is 1. The lowest BCUT2D eigenvalue weighted by Crippen LogP contribution is -2.41. The molecule has 0 saturated heterocycles. The van der Waals surface area contributed by atoms with Crippen molar-refractivity contribution in [1.29, 1.82) is 0 Å². The number of anilines is 1. The first-order valence-electron chi connectivity index (χ1n) is 6.43. The third kappa shape index (κ3) is 4.63. The summed E-state index contributed by atoms with van der Waals surface area (Å²) in [6.45, 7) is 6.60. The molecule has 0 heterocycles. The summed E-state index contributed by atoms with van der Waals surface area (Å²) < 4.78 is 32.6. The lowest BCUT2D eigenvalue weighted by molar-refractivity contribution is 0.116. The summed E-state index contributed by atoms with van der Waals surface area (Å²) in [5.74, 6) is 0.112. The van der Waals surface area contributed by atoms with E-state index < -0.39 is 10.0 Å². The number of hydrogen-bond acceptors (Lipinski definition) is 4. The van der Waals surface area contributed by atoms with Gasteiger partial charge in [0.25, 0.3) is 0 Å². The highest BCUT2D eigenvalue weighted by Crippen LogP contribution is 2.22. The number of nitrogen functional groups attached to an aromatic ring is 1. The van der Waals surface area contributed by atoms with Crippen molar-refractivity contribution in [3.05, 3.63) is 23.2 Å². The molecule has 3 N–H and O–H groups in total. The Balaban J connectivity index is 2.94. The van der Waals surface area contributed by atoms with Gasteiger partial charge in [-0.25, -0.2) is 13.1 Å². The molecule has 1 atom stereocenters. The van der Waals surface area contributed by atoms with Crippen molar-refractivity contribution >= 4 is 27.3 Å². The van der Waals surface area contributed by atoms with Gasteiger partial charge in [-0.3, -0.25) is 0 Å². The highest BCUT2D eigenvalue weighted by molar-refractivity contribution is 7.89. The predicted molar refractivity (Wildman–Crippen MR) is 81.3 cm³/mol. The molecule has 114 valence electrons. The smallest absolute Gasteiger partial charge is 0.240 e. The minimum atomic E-state index is -3.64. The molecule has 0 radical (unpaired) electrons. The number of rotatable bonds is 7. The molecule has 0 spiro atoms. The van der Waals surface area contributed by atoms with Crippen molar-refractivity contribution in [3.8, 4) is 0 Å². The highest BCUT2D eigenvalue weighted by Gasteiger charge is 2.23. The molecule has 0 aliphatic heterocycles. The highest BCUT2D eigenvalue weighted by atomic mass is 35.5. The molecule has 0 bridgehead atoms. The Morgan fingerprint density at radius 3 is 2.55 bits per heavy atom. The molecule has 0 aromatic heterocycles. The van der Waals surface area contributed by atoms with Crippen LogP contribution >= 0.6 is 11.6 Å². The number of nitrogens with one attached hydrogen (secondary N) is 1. The molecular formula is C13H21ClN2O3S. The molecule has 0 fully saturated rings. The number of ether oxygens (including phenoxy) is 1. The van der Waals surface area contributed by atoms with Gasteiger partial charge in [0, 0.05) is 12.6 Å². The van der Waals surface area contributed by atoms with Crippen LogP contribution in [-0.4, -0.2) is 27.7 Å². The Morgan fingerprint density at radius 1 is 1.40 bits per heavy atom. The maximum Gasteiger partial charge on any atom is 0.240 e. The van der Waals surface area contributed by atoms with Gasteiger partial charge in [-0.15, -0.1) is 0 Å². The van der Waals surface area contributed by atoms with Crippen molar-refractivity contribution in [2.45, 2.75) is 31.7 Å². The Hall–Kier alpha value is -0.820. The lowest BCUT2D eigenvalue weighted by Gasteiger charge is -2.22. The second kappa shape index (κ2) is 7.26. The van der Waals surface area contributed by atoms with E-state index in [1.807, 2.05) is 20.8 Å². The van der Waals surface area contributed by atoms with Gasteiger partial charge in [0.2, 0.25) is 10.0 Å². The Kier molecular flexibility index (Phi) is 6.26. The topological polar surface area (TPSA) is 81.4 Å². The van der Waals surface area contributed by atoms with Gasteiger partial charge in [0.1, 0.15) is 0 Å². The molecule has 7 heteroatoms. The first-order chi connectivity index (χ1) is 9.27. The first-order valence-corrected chi connectivity index (χ1v) is 8.29. The third-order valence-corrected chi connectivity index (χ3v) is 4.72. The van der Waals surface area contributed by atoms with Crippen LogP contribution in [-0.2, 0) is 14.8 Å². The lowest BCUT2D eigenvalue weighted by atomic mass is 10.1. The summed E-state index contributed by atoms with van der Waals surface area (Å²) in [5.41, 5.74) is 5.88. The van der Waals surface area contributed by atoms with Gasteiger partial charge < -0.3 is 10.5 Å². The average molecular weight is 321 g/mol. The van der Waals surface area contributed by atoms with Crippen molar-refractivity contribution in [3.63, 3.8) is 0 Å². The zero-order valence-electron chi connectivity index (χ0n) is 11.9. The van der Waals surface area contributed by atoms with Crippen LogP contribution in [0, 0.1) is 5.92 Å². The maximum atomic E-state index is 12.3. The zero-order valence-corrected chi connectivity index (χ0v) is 13.5. The van der Waals surface area contributed by atoms with E-state index in [-0.39, 0.29) is 22.5 Å². The second-order valence-corrected chi connectivity index (χ2v) is 6.94. The van der Waals surface area contributed by atoms with Gasteiger partial charge in [-0.05, 0) is 31.0 Å². The van der Waals surface area contributed by atoms with Gasteiger partial charge in [-0.2, -0.15) is 0 Å². The Labute approximate surface area is 125 Å². The van der Waals surface area contributed by atoms with Crippen molar-refractivity contribution in [2.75, 3.05) is 18.9 Å². The van der Waals surface area contributed by atoms with Crippen LogP contribution in [0.25, 0.3) is 0 Å². The number of halogens is 1. The summed E-state index contributed by atoms with van der Waals surface area (Å²) in [4.78, 5) is 0.0987. The second-order valence-electron chi connectivity index (χ2n) is 4.81. The molecule has 1 unspecified atom stereocenters. The van der Waals surface area contributed by atoms with Crippen molar-refractivity contribution < 1.29 is 13.2 Å². The molecule has 5 nitrogen and oxygen atoms in total. The minimum Gasteiger partial charge on any atom is -0.397 e. The van der Waals surface area contributed by atoms with E-state index in [9.17, 15) is 8.42 Å². The number of hydrogen-bond donors (Lipinski definition) is 2. The third-order valence-electron chi connectivity index (χ3n) is 2.89. The van der Waals surface area contributed by atoms with Crippen molar-refractivity contribution in [2.24, 2.45) is 5.92 Å². The van der Waals surface area contributed by atoms with Crippen LogP contribution < -0.4 is 10.5 Å². The summed E-state index contributed by atoms with van der Waals surface area (Å²) >= 11 is 5.80. The van der Waals surface area contributed by atoms with Gasteiger partial charge in [0.15, 0.2) is 0 Å². The fourth-order valence-corrected chi connectivity index (χ4v) is 3.09. The summed E-state index contributed by atoms with van der Waals surface area (Å²) in [6.07, 6.45) is 0. The van der Waals surface area contributed by atoms with Gasteiger partial charge >= 0.3 is 0 Å². The van der Waals surface area contributed by atoms with Gasteiger partial charge in [0.05, 0.1) is 22.2 Å². The normalized spacial score (nSPS) is 13.7. The van der Waals surface area contributed by atoms with Crippen LogP contribution in [0.1, 0.15) is 20.8 Å².